The van der Waals surface area contributed by atoms with Crippen molar-refractivity contribution in [2.75, 3.05) is 6.26 Å². The van der Waals surface area contributed by atoms with Crippen molar-refractivity contribution in [3.05, 3.63) is 40.9 Å². The van der Waals surface area contributed by atoms with E-state index in [0.717, 1.165) is 9.90 Å². The molecule has 0 aliphatic rings. The Morgan fingerprint density at radius 3 is 2.76 bits per heavy atom. The van der Waals surface area contributed by atoms with Crippen LogP contribution in [0.2, 0.25) is 0 Å². The fraction of sp³-hybridized carbons (Fsp3) is 0.182. The van der Waals surface area contributed by atoms with Gasteiger partial charge in [0.2, 0.25) is 5.01 Å². The molecule has 1 heterocycles. The van der Waals surface area contributed by atoms with Gasteiger partial charge in [-0.3, -0.25) is 4.79 Å². The Hall–Kier alpha value is -1.40. The number of amides is 1. The van der Waals surface area contributed by atoms with E-state index in [0.29, 0.717) is 11.6 Å². The SMILES string of the molecule is CSc1nnc(C(=O)NCc2ccccc2)s1. The van der Waals surface area contributed by atoms with Gasteiger partial charge >= 0.3 is 0 Å². The van der Waals surface area contributed by atoms with Crippen molar-refractivity contribution in [2.24, 2.45) is 0 Å². The Labute approximate surface area is 107 Å². The van der Waals surface area contributed by atoms with Gasteiger partial charge in [-0.25, -0.2) is 0 Å². The van der Waals surface area contributed by atoms with Gasteiger partial charge in [-0.2, -0.15) is 0 Å². The maximum Gasteiger partial charge on any atom is 0.282 e. The predicted molar refractivity (Wildman–Crippen MR) is 69.3 cm³/mol. The van der Waals surface area contributed by atoms with Crippen LogP contribution in [0.1, 0.15) is 15.4 Å². The van der Waals surface area contributed by atoms with Crippen molar-refractivity contribution in [3.8, 4) is 0 Å². The normalized spacial score (nSPS) is 10.2. The summed E-state index contributed by atoms with van der Waals surface area (Å²) < 4.78 is 0.801. The van der Waals surface area contributed by atoms with Gasteiger partial charge in [0, 0.05) is 6.54 Å². The third kappa shape index (κ3) is 3.28. The summed E-state index contributed by atoms with van der Waals surface area (Å²) in [7, 11) is 0. The number of carbonyl (C=O) groups is 1. The van der Waals surface area contributed by atoms with E-state index in [-0.39, 0.29) is 5.91 Å². The Bertz CT molecular complexity index is 498. The first kappa shape index (κ1) is 12.1. The van der Waals surface area contributed by atoms with Gasteiger partial charge in [-0.1, -0.05) is 53.4 Å². The van der Waals surface area contributed by atoms with Crippen LogP contribution in [0.25, 0.3) is 0 Å². The van der Waals surface area contributed by atoms with Crippen LogP contribution in [0.5, 0.6) is 0 Å². The molecule has 0 unspecified atom stereocenters. The Morgan fingerprint density at radius 2 is 2.12 bits per heavy atom. The number of nitrogens with one attached hydrogen (secondary N) is 1. The van der Waals surface area contributed by atoms with Gasteiger partial charge in [0.05, 0.1) is 0 Å². The molecule has 0 saturated carbocycles. The third-order valence-corrected chi connectivity index (χ3v) is 3.97. The van der Waals surface area contributed by atoms with E-state index in [1.54, 1.807) is 0 Å². The Kier molecular flexibility index (Phi) is 4.11. The molecule has 1 aromatic heterocycles. The van der Waals surface area contributed by atoms with E-state index in [9.17, 15) is 4.79 Å². The minimum atomic E-state index is -0.174. The highest BCUT2D eigenvalue weighted by Crippen LogP contribution is 2.19. The Balaban J connectivity index is 1.93. The fourth-order valence-electron chi connectivity index (χ4n) is 1.24. The van der Waals surface area contributed by atoms with Gasteiger partial charge in [0.15, 0.2) is 4.34 Å². The second kappa shape index (κ2) is 5.79. The molecule has 0 aliphatic carbocycles. The van der Waals surface area contributed by atoms with Crippen molar-refractivity contribution in [3.63, 3.8) is 0 Å². The highest BCUT2D eigenvalue weighted by atomic mass is 32.2. The van der Waals surface area contributed by atoms with Crippen molar-refractivity contribution >= 4 is 29.0 Å². The average molecular weight is 265 g/mol. The molecular weight excluding hydrogens is 254 g/mol. The smallest absolute Gasteiger partial charge is 0.282 e. The maximum absolute atomic E-state index is 11.7. The number of benzene rings is 1. The molecule has 1 aromatic carbocycles. The topological polar surface area (TPSA) is 54.9 Å². The summed E-state index contributed by atoms with van der Waals surface area (Å²) in [5, 5.41) is 10.9. The largest absolute Gasteiger partial charge is 0.346 e. The second-order valence-electron chi connectivity index (χ2n) is 3.25. The summed E-state index contributed by atoms with van der Waals surface area (Å²) in [6.45, 7) is 0.508. The van der Waals surface area contributed by atoms with E-state index in [4.69, 9.17) is 0 Å². The van der Waals surface area contributed by atoms with E-state index in [1.807, 2.05) is 36.6 Å². The summed E-state index contributed by atoms with van der Waals surface area (Å²) >= 11 is 2.79. The lowest BCUT2D eigenvalue weighted by atomic mass is 10.2. The standard InChI is InChI=1S/C11H11N3OS2/c1-16-11-14-13-10(17-11)9(15)12-7-8-5-3-2-4-6-8/h2-6H,7H2,1H3,(H,12,15). The van der Waals surface area contributed by atoms with Crippen LogP contribution in [0.4, 0.5) is 0 Å². The molecule has 2 aromatic rings. The lowest BCUT2D eigenvalue weighted by molar-refractivity contribution is 0.0950. The molecule has 0 aliphatic heterocycles. The van der Waals surface area contributed by atoms with Crippen LogP contribution in [0, 0.1) is 0 Å². The summed E-state index contributed by atoms with van der Waals surface area (Å²) in [5.74, 6) is -0.174. The number of hydrogen-bond acceptors (Lipinski definition) is 5. The lowest BCUT2D eigenvalue weighted by Gasteiger charge is -2.01. The Morgan fingerprint density at radius 1 is 1.35 bits per heavy atom. The van der Waals surface area contributed by atoms with Gasteiger partial charge in [-0.15, -0.1) is 10.2 Å². The summed E-state index contributed by atoms with van der Waals surface area (Å²) in [4.78, 5) is 11.7. The number of nitrogens with zero attached hydrogens (tertiary/aromatic N) is 2. The maximum atomic E-state index is 11.7. The number of hydrogen-bond donors (Lipinski definition) is 1. The molecule has 0 spiro atoms. The average Bonchev–Trinajstić information content (AvgIpc) is 2.86. The van der Waals surface area contributed by atoms with E-state index >= 15 is 0 Å². The monoisotopic (exact) mass is 265 g/mol. The zero-order valence-electron chi connectivity index (χ0n) is 9.21. The molecule has 0 radical (unpaired) electrons. The number of aromatic nitrogens is 2. The first-order valence-corrected chi connectivity index (χ1v) is 7.03. The first-order valence-electron chi connectivity index (χ1n) is 4.99. The molecule has 0 fully saturated rings. The van der Waals surface area contributed by atoms with Crippen molar-refractivity contribution in [2.45, 2.75) is 10.9 Å². The van der Waals surface area contributed by atoms with Crippen molar-refractivity contribution in [1.29, 1.82) is 0 Å². The highest BCUT2D eigenvalue weighted by molar-refractivity contribution is 8.00. The van der Waals surface area contributed by atoms with E-state index < -0.39 is 0 Å². The van der Waals surface area contributed by atoms with Gasteiger partial charge in [0.25, 0.3) is 5.91 Å². The molecule has 88 valence electrons. The molecule has 4 nitrogen and oxygen atoms in total. The molecule has 1 amide bonds. The van der Waals surface area contributed by atoms with Crippen LogP contribution in [0.3, 0.4) is 0 Å². The van der Waals surface area contributed by atoms with Crippen LogP contribution in [-0.4, -0.2) is 22.4 Å². The van der Waals surface area contributed by atoms with Crippen LogP contribution >= 0.6 is 23.1 Å². The predicted octanol–water partition coefficient (Wildman–Crippen LogP) is 2.19. The molecular formula is C11H11N3OS2. The summed E-state index contributed by atoms with van der Waals surface area (Å²) in [6.07, 6.45) is 1.91. The van der Waals surface area contributed by atoms with Crippen molar-refractivity contribution in [1.82, 2.24) is 15.5 Å². The number of rotatable bonds is 4. The van der Waals surface area contributed by atoms with Gasteiger partial charge < -0.3 is 5.32 Å². The van der Waals surface area contributed by atoms with Gasteiger partial charge in [0.1, 0.15) is 0 Å². The molecule has 0 bridgehead atoms. The number of thioether (sulfide) groups is 1. The molecule has 0 atom stereocenters. The van der Waals surface area contributed by atoms with Crippen molar-refractivity contribution < 1.29 is 4.79 Å². The summed E-state index contributed by atoms with van der Waals surface area (Å²) in [6, 6.07) is 9.76. The van der Waals surface area contributed by atoms with Gasteiger partial charge in [-0.05, 0) is 11.8 Å². The fourth-order valence-corrected chi connectivity index (χ4v) is 2.42. The minimum absolute atomic E-state index is 0.174. The highest BCUT2D eigenvalue weighted by Gasteiger charge is 2.11. The lowest BCUT2D eigenvalue weighted by Crippen LogP contribution is -2.22. The third-order valence-electron chi connectivity index (χ3n) is 2.07. The second-order valence-corrected chi connectivity index (χ2v) is 5.28. The van der Waals surface area contributed by atoms with Crippen LogP contribution < -0.4 is 5.32 Å². The zero-order chi connectivity index (χ0) is 12.1. The molecule has 17 heavy (non-hydrogen) atoms. The molecule has 2 rings (SSSR count). The zero-order valence-corrected chi connectivity index (χ0v) is 10.8. The number of carbonyl (C=O) groups excluding carboxylic acids is 1. The summed E-state index contributed by atoms with van der Waals surface area (Å²) in [5.41, 5.74) is 1.07. The molecule has 0 saturated heterocycles. The molecule has 6 heteroatoms. The molecule has 1 N–H and O–H groups in total. The van der Waals surface area contributed by atoms with E-state index in [1.165, 1.54) is 23.1 Å². The minimum Gasteiger partial charge on any atom is -0.346 e. The first-order chi connectivity index (χ1) is 8.29. The van der Waals surface area contributed by atoms with E-state index in [2.05, 4.69) is 15.5 Å². The van der Waals surface area contributed by atoms with Crippen LogP contribution in [-0.2, 0) is 6.54 Å². The quantitative estimate of drug-likeness (QED) is 0.861. The van der Waals surface area contributed by atoms with Crippen LogP contribution in [0.15, 0.2) is 34.7 Å².